The van der Waals surface area contributed by atoms with Crippen molar-refractivity contribution in [2.45, 2.75) is 19.8 Å². The van der Waals surface area contributed by atoms with E-state index in [2.05, 4.69) is 10.3 Å². The highest BCUT2D eigenvalue weighted by Crippen LogP contribution is 2.14. The molecule has 0 unspecified atom stereocenters. The van der Waals surface area contributed by atoms with Crippen LogP contribution in [-0.4, -0.2) is 42.2 Å². The molecule has 0 fully saturated rings. The molecule has 0 aliphatic carbocycles. The molecule has 0 bridgehead atoms. The quantitative estimate of drug-likeness (QED) is 0.640. The summed E-state index contributed by atoms with van der Waals surface area (Å²) in [6.45, 7) is 3.92. The number of nitrogens with one attached hydrogen (secondary N) is 1. The molecular formula is C13H22N4O2. The fourth-order valence-electron chi connectivity index (χ4n) is 1.69. The Hall–Kier alpha value is -1.66. The fraction of sp³-hybridized carbons (Fsp3) is 0.538. The predicted octanol–water partition coefficient (Wildman–Crippen LogP) is 0.578. The molecule has 0 aliphatic rings. The monoisotopic (exact) mass is 266 g/mol. The summed E-state index contributed by atoms with van der Waals surface area (Å²) in [7, 11) is 0. The number of hydrogen-bond acceptors (Lipinski definition) is 5. The number of carbonyl (C=O) groups excluding carboxylic acids is 1. The standard InChI is InChI=1S/C13H22N4O2/c1-2-17(8-9-18)12-6-5-11(10-15-12)16-13(19)4-3-7-14/h5-6,10,18H,2-4,7-9,14H2,1H3,(H,16,19). The van der Waals surface area contributed by atoms with Gasteiger partial charge in [0.25, 0.3) is 0 Å². The van der Waals surface area contributed by atoms with Crippen molar-refractivity contribution in [2.75, 3.05) is 36.5 Å². The van der Waals surface area contributed by atoms with E-state index in [1.165, 1.54) is 0 Å². The summed E-state index contributed by atoms with van der Waals surface area (Å²) in [4.78, 5) is 17.7. The molecule has 1 aromatic rings. The summed E-state index contributed by atoms with van der Waals surface area (Å²) in [5.41, 5.74) is 6.02. The van der Waals surface area contributed by atoms with Gasteiger partial charge in [0.2, 0.25) is 5.91 Å². The summed E-state index contributed by atoms with van der Waals surface area (Å²) in [5.74, 6) is 0.735. The molecule has 4 N–H and O–H groups in total. The molecular weight excluding hydrogens is 244 g/mol. The number of rotatable bonds is 8. The Bertz CT molecular complexity index is 381. The van der Waals surface area contributed by atoms with Crippen LogP contribution in [0.1, 0.15) is 19.8 Å². The van der Waals surface area contributed by atoms with Crippen molar-refractivity contribution >= 4 is 17.4 Å². The number of nitrogens with zero attached hydrogens (tertiary/aromatic N) is 2. The van der Waals surface area contributed by atoms with Gasteiger partial charge in [0.15, 0.2) is 0 Å². The third-order valence-electron chi connectivity index (χ3n) is 2.72. The van der Waals surface area contributed by atoms with E-state index in [1.54, 1.807) is 6.20 Å². The van der Waals surface area contributed by atoms with Crippen LogP contribution in [0.2, 0.25) is 0 Å². The SMILES string of the molecule is CCN(CCO)c1ccc(NC(=O)CCCN)cn1. The Labute approximate surface area is 113 Å². The number of carbonyl (C=O) groups is 1. The molecule has 1 rings (SSSR count). The molecule has 6 heteroatoms. The van der Waals surface area contributed by atoms with Gasteiger partial charge >= 0.3 is 0 Å². The lowest BCUT2D eigenvalue weighted by atomic mass is 10.3. The number of nitrogens with two attached hydrogens (primary N) is 1. The van der Waals surface area contributed by atoms with E-state index < -0.39 is 0 Å². The lowest BCUT2D eigenvalue weighted by Gasteiger charge is -2.20. The predicted molar refractivity (Wildman–Crippen MR) is 76.1 cm³/mol. The maximum atomic E-state index is 11.5. The second-order valence-electron chi connectivity index (χ2n) is 4.15. The average molecular weight is 266 g/mol. The molecule has 1 amide bonds. The van der Waals surface area contributed by atoms with Crippen LogP contribution in [0.3, 0.4) is 0 Å². The number of likely N-dealkylation sites (N-methyl/N-ethyl adjacent to an activating group) is 1. The first-order chi connectivity index (χ1) is 9.21. The summed E-state index contributed by atoms with van der Waals surface area (Å²) < 4.78 is 0. The van der Waals surface area contributed by atoms with Crippen molar-refractivity contribution in [3.05, 3.63) is 18.3 Å². The minimum atomic E-state index is -0.0531. The Kier molecular flexibility index (Phi) is 6.84. The summed E-state index contributed by atoms with van der Waals surface area (Å²) >= 11 is 0. The zero-order chi connectivity index (χ0) is 14.1. The first-order valence-corrected chi connectivity index (χ1v) is 6.53. The molecule has 0 radical (unpaired) electrons. The van der Waals surface area contributed by atoms with Crippen LogP contribution >= 0.6 is 0 Å². The van der Waals surface area contributed by atoms with E-state index >= 15 is 0 Å². The largest absolute Gasteiger partial charge is 0.395 e. The summed E-state index contributed by atoms with van der Waals surface area (Å²) in [6, 6.07) is 3.64. The number of hydrogen-bond donors (Lipinski definition) is 3. The normalized spacial score (nSPS) is 10.3. The van der Waals surface area contributed by atoms with E-state index in [4.69, 9.17) is 10.8 Å². The van der Waals surface area contributed by atoms with Crippen molar-refractivity contribution < 1.29 is 9.90 Å². The molecule has 0 saturated carbocycles. The molecule has 19 heavy (non-hydrogen) atoms. The van der Waals surface area contributed by atoms with Crippen LogP contribution in [0.5, 0.6) is 0 Å². The number of amides is 1. The maximum Gasteiger partial charge on any atom is 0.224 e. The van der Waals surface area contributed by atoms with E-state index in [-0.39, 0.29) is 12.5 Å². The number of pyridine rings is 1. The Balaban J connectivity index is 2.58. The van der Waals surface area contributed by atoms with Gasteiger partial charge in [-0.05, 0) is 32.0 Å². The Morgan fingerprint density at radius 3 is 2.84 bits per heavy atom. The van der Waals surface area contributed by atoms with Gasteiger partial charge in [-0.2, -0.15) is 0 Å². The third-order valence-corrected chi connectivity index (χ3v) is 2.72. The first kappa shape index (κ1) is 15.4. The molecule has 0 aromatic carbocycles. The van der Waals surface area contributed by atoms with Gasteiger partial charge in [0.05, 0.1) is 18.5 Å². The first-order valence-electron chi connectivity index (χ1n) is 6.53. The highest BCUT2D eigenvalue weighted by Gasteiger charge is 2.06. The van der Waals surface area contributed by atoms with Gasteiger partial charge in [0.1, 0.15) is 5.82 Å². The average Bonchev–Trinajstić information content (AvgIpc) is 2.43. The van der Waals surface area contributed by atoms with E-state index in [9.17, 15) is 4.79 Å². The summed E-state index contributed by atoms with van der Waals surface area (Å²) in [5, 5.41) is 11.7. The van der Waals surface area contributed by atoms with Gasteiger partial charge in [0, 0.05) is 19.5 Å². The highest BCUT2D eigenvalue weighted by atomic mass is 16.3. The van der Waals surface area contributed by atoms with Crippen LogP contribution in [0, 0.1) is 0 Å². The van der Waals surface area contributed by atoms with Gasteiger partial charge in [-0.25, -0.2) is 4.98 Å². The molecule has 1 aromatic heterocycles. The van der Waals surface area contributed by atoms with Crippen molar-refractivity contribution in [2.24, 2.45) is 5.73 Å². The fourth-order valence-corrected chi connectivity index (χ4v) is 1.69. The van der Waals surface area contributed by atoms with Crippen LogP contribution in [0.25, 0.3) is 0 Å². The Morgan fingerprint density at radius 2 is 2.32 bits per heavy atom. The highest BCUT2D eigenvalue weighted by molar-refractivity contribution is 5.90. The van der Waals surface area contributed by atoms with Crippen LogP contribution < -0.4 is 16.0 Å². The van der Waals surface area contributed by atoms with Crippen molar-refractivity contribution in [1.82, 2.24) is 4.98 Å². The van der Waals surface area contributed by atoms with Crippen molar-refractivity contribution in [1.29, 1.82) is 0 Å². The minimum absolute atomic E-state index is 0.0531. The number of anilines is 2. The molecule has 0 aliphatic heterocycles. The van der Waals surface area contributed by atoms with Crippen molar-refractivity contribution in [3.63, 3.8) is 0 Å². The smallest absolute Gasteiger partial charge is 0.224 e. The van der Waals surface area contributed by atoms with Gasteiger partial charge in [-0.3, -0.25) is 4.79 Å². The van der Waals surface area contributed by atoms with Gasteiger partial charge in [-0.1, -0.05) is 0 Å². The van der Waals surface area contributed by atoms with Gasteiger partial charge < -0.3 is 21.1 Å². The van der Waals surface area contributed by atoms with Crippen molar-refractivity contribution in [3.8, 4) is 0 Å². The molecule has 0 spiro atoms. The second kappa shape index (κ2) is 8.44. The van der Waals surface area contributed by atoms with Crippen LogP contribution in [0.15, 0.2) is 18.3 Å². The maximum absolute atomic E-state index is 11.5. The van der Waals surface area contributed by atoms with E-state index in [1.807, 2.05) is 24.0 Å². The molecule has 6 nitrogen and oxygen atoms in total. The molecule has 0 atom stereocenters. The summed E-state index contributed by atoms with van der Waals surface area (Å²) in [6.07, 6.45) is 2.72. The number of aliphatic hydroxyl groups is 1. The topological polar surface area (TPSA) is 91.5 Å². The molecule has 106 valence electrons. The van der Waals surface area contributed by atoms with E-state index in [0.29, 0.717) is 31.6 Å². The number of aliphatic hydroxyl groups excluding tert-OH is 1. The molecule has 1 heterocycles. The lowest BCUT2D eigenvalue weighted by molar-refractivity contribution is -0.116. The molecule has 0 saturated heterocycles. The third kappa shape index (κ3) is 5.23. The van der Waals surface area contributed by atoms with Gasteiger partial charge in [-0.15, -0.1) is 0 Å². The van der Waals surface area contributed by atoms with Crippen LogP contribution in [0.4, 0.5) is 11.5 Å². The number of aromatic nitrogens is 1. The zero-order valence-corrected chi connectivity index (χ0v) is 11.3. The zero-order valence-electron chi connectivity index (χ0n) is 11.3. The van der Waals surface area contributed by atoms with E-state index in [0.717, 1.165) is 12.4 Å². The second-order valence-corrected chi connectivity index (χ2v) is 4.15. The lowest BCUT2D eigenvalue weighted by Crippen LogP contribution is -2.27. The Morgan fingerprint density at radius 1 is 1.53 bits per heavy atom. The van der Waals surface area contributed by atoms with Crippen LogP contribution in [-0.2, 0) is 4.79 Å². The minimum Gasteiger partial charge on any atom is -0.395 e.